The maximum Gasteiger partial charge on any atom is 0.347 e. The molecule has 0 aliphatic carbocycles. The molecule has 0 aliphatic rings. The van der Waals surface area contributed by atoms with Crippen LogP contribution in [0.3, 0.4) is 0 Å². The van der Waals surface area contributed by atoms with Crippen LogP contribution >= 0.6 is 0 Å². The van der Waals surface area contributed by atoms with Crippen LogP contribution in [0.2, 0.25) is 0 Å². The molecule has 6 heteroatoms. The summed E-state index contributed by atoms with van der Waals surface area (Å²) in [5.74, 6) is -0.383. The number of benzene rings is 2. The van der Waals surface area contributed by atoms with Crippen LogP contribution in [0.4, 0.5) is 0 Å². The lowest BCUT2D eigenvalue weighted by Crippen LogP contribution is -2.28. The molecule has 0 bridgehead atoms. The number of hydrogen-bond acceptors (Lipinski definition) is 5. The minimum absolute atomic E-state index is 0.188. The Morgan fingerprint density at radius 1 is 1.11 bits per heavy atom. The lowest BCUT2D eigenvalue weighted by molar-refractivity contribution is -0.151. The minimum Gasteiger partial charge on any atom is -0.478 e. The third-order valence-electron chi connectivity index (χ3n) is 4.11. The van der Waals surface area contributed by atoms with Gasteiger partial charge in [0.2, 0.25) is 0 Å². The highest BCUT2D eigenvalue weighted by Gasteiger charge is 2.22. The second kappa shape index (κ2) is 7.95. The molecule has 6 nitrogen and oxygen atoms in total. The molecule has 27 heavy (non-hydrogen) atoms. The molecule has 1 N–H and O–H groups in total. The van der Waals surface area contributed by atoms with E-state index in [1.807, 2.05) is 25.1 Å². The smallest absolute Gasteiger partial charge is 0.347 e. The number of carbonyl (C=O) groups excluding carboxylic acids is 1. The summed E-state index contributed by atoms with van der Waals surface area (Å²) < 4.78 is 16.8. The normalized spacial score (nSPS) is 11.9. The molecule has 0 aliphatic heterocycles. The van der Waals surface area contributed by atoms with Crippen molar-refractivity contribution in [1.82, 2.24) is 0 Å². The molecule has 3 aromatic rings. The van der Waals surface area contributed by atoms with E-state index in [2.05, 4.69) is 0 Å². The van der Waals surface area contributed by atoms with Gasteiger partial charge in [0.1, 0.15) is 17.1 Å². The summed E-state index contributed by atoms with van der Waals surface area (Å²) in [6.07, 6.45) is -0.246. The van der Waals surface area contributed by atoms with Gasteiger partial charge in [-0.1, -0.05) is 19.1 Å². The van der Waals surface area contributed by atoms with Gasteiger partial charge in [0.05, 0.1) is 17.7 Å². The van der Waals surface area contributed by atoms with Gasteiger partial charge in [-0.25, -0.2) is 9.59 Å². The molecule has 0 saturated carbocycles. The first-order valence-corrected chi connectivity index (χ1v) is 8.73. The van der Waals surface area contributed by atoms with Crippen LogP contribution in [-0.2, 0) is 9.53 Å². The molecule has 0 fully saturated rings. The van der Waals surface area contributed by atoms with Gasteiger partial charge < -0.3 is 19.0 Å². The molecule has 0 amide bonds. The number of carbonyl (C=O) groups is 2. The zero-order chi connectivity index (χ0) is 19.4. The van der Waals surface area contributed by atoms with Gasteiger partial charge in [-0.05, 0) is 49.7 Å². The van der Waals surface area contributed by atoms with Crippen LogP contribution in [0.25, 0.3) is 22.3 Å². The van der Waals surface area contributed by atoms with Gasteiger partial charge in [-0.3, -0.25) is 0 Å². The Morgan fingerprint density at radius 2 is 1.89 bits per heavy atom. The fourth-order valence-electron chi connectivity index (χ4n) is 2.77. The van der Waals surface area contributed by atoms with Crippen LogP contribution in [0.5, 0.6) is 5.75 Å². The monoisotopic (exact) mass is 368 g/mol. The third-order valence-corrected chi connectivity index (χ3v) is 4.11. The van der Waals surface area contributed by atoms with Crippen molar-refractivity contribution >= 4 is 22.9 Å². The first kappa shape index (κ1) is 18.5. The van der Waals surface area contributed by atoms with Crippen LogP contribution in [-0.4, -0.2) is 29.8 Å². The highest BCUT2D eigenvalue weighted by atomic mass is 16.6. The molecule has 1 heterocycles. The van der Waals surface area contributed by atoms with Gasteiger partial charge in [-0.15, -0.1) is 0 Å². The quantitative estimate of drug-likeness (QED) is 0.617. The fraction of sp³-hybridized carbons (Fsp3) is 0.238. The van der Waals surface area contributed by atoms with E-state index >= 15 is 0 Å². The van der Waals surface area contributed by atoms with Crippen LogP contribution in [0, 0.1) is 0 Å². The predicted octanol–water partition coefficient (Wildman–Crippen LogP) is 4.52. The number of aromatic carboxylic acids is 1. The molecule has 0 spiro atoms. The number of rotatable bonds is 7. The second-order valence-corrected chi connectivity index (χ2v) is 5.93. The van der Waals surface area contributed by atoms with Crippen molar-refractivity contribution in [2.75, 3.05) is 6.61 Å². The van der Waals surface area contributed by atoms with Gasteiger partial charge >= 0.3 is 11.9 Å². The van der Waals surface area contributed by atoms with Gasteiger partial charge in [0.25, 0.3) is 0 Å². The number of esters is 1. The Labute approximate surface area is 156 Å². The van der Waals surface area contributed by atoms with E-state index in [9.17, 15) is 9.59 Å². The Morgan fingerprint density at radius 3 is 2.59 bits per heavy atom. The lowest BCUT2D eigenvalue weighted by Gasteiger charge is -2.17. The Kier molecular flexibility index (Phi) is 5.45. The van der Waals surface area contributed by atoms with Crippen molar-refractivity contribution in [2.45, 2.75) is 26.4 Å². The lowest BCUT2D eigenvalue weighted by atomic mass is 10.1. The number of ether oxygens (including phenoxy) is 2. The number of furan rings is 1. The molecule has 3 rings (SSSR count). The Bertz CT molecular complexity index is 972. The van der Waals surface area contributed by atoms with Crippen molar-refractivity contribution in [1.29, 1.82) is 0 Å². The Balaban J connectivity index is 1.97. The fourth-order valence-corrected chi connectivity index (χ4v) is 2.77. The standard InChI is InChI=1S/C21H20O6/c1-3-16(21(24)25-4-2)26-18-8-6-5-7-15(18)19-12-14-11-13(20(22)23)9-10-17(14)27-19/h5-12,16H,3-4H2,1-2H3,(H,22,23). The average molecular weight is 368 g/mol. The largest absolute Gasteiger partial charge is 0.478 e. The Hall–Kier alpha value is -3.28. The predicted molar refractivity (Wildman–Crippen MR) is 99.9 cm³/mol. The van der Waals surface area contributed by atoms with Crippen molar-refractivity contribution in [3.05, 3.63) is 54.1 Å². The van der Waals surface area contributed by atoms with E-state index in [0.717, 1.165) is 0 Å². The number of carboxylic acids is 1. The minimum atomic E-state index is -0.997. The van der Waals surface area contributed by atoms with E-state index < -0.39 is 18.0 Å². The van der Waals surface area contributed by atoms with Crippen LogP contribution < -0.4 is 4.74 Å². The van der Waals surface area contributed by atoms with Gasteiger partial charge in [0, 0.05) is 5.39 Å². The van der Waals surface area contributed by atoms with Crippen LogP contribution in [0.15, 0.2) is 52.9 Å². The van der Waals surface area contributed by atoms with Gasteiger partial charge in [0.15, 0.2) is 6.10 Å². The number of carboxylic acid groups (broad SMARTS) is 1. The maximum absolute atomic E-state index is 12.0. The summed E-state index contributed by atoms with van der Waals surface area (Å²) in [6, 6.07) is 13.7. The number of hydrogen-bond donors (Lipinski definition) is 1. The van der Waals surface area contributed by atoms with Crippen molar-refractivity contribution in [3.8, 4) is 17.1 Å². The van der Waals surface area contributed by atoms with E-state index in [1.54, 1.807) is 31.2 Å². The van der Waals surface area contributed by atoms with Crippen molar-refractivity contribution in [2.24, 2.45) is 0 Å². The SMILES string of the molecule is CCOC(=O)C(CC)Oc1ccccc1-c1cc2cc(C(=O)O)ccc2o1. The third kappa shape index (κ3) is 3.95. The van der Waals surface area contributed by atoms with Gasteiger partial charge in [-0.2, -0.15) is 0 Å². The highest BCUT2D eigenvalue weighted by molar-refractivity contribution is 5.94. The molecule has 1 atom stereocenters. The molecule has 2 aromatic carbocycles. The summed E-state index contributed by atoms with van der Waals surface area (Å²) in [5, 5.41) is 9.82. The van der Waals surface area contributed by atoms with Crippen molar-refractivity contribution in [3.63, 3.8) is 0 Å². The number of fused-ring (bicyclic) bond motifs is 1. The summed E-state index contributed by atoms with van der Waals surface area (Å²) in [4.78, 5) is 23.2. The molecular formula is C21H20O6. The molecule has 0 radical (unpaired) electrons. The summed E-state index contributed by atoms with van der Waals surface area (Å²) in [6.45, 7) is 3.88. The average Bonchev–Trinajstić information content (AvgIpc) is 3.09. The summed E-state index contributed by atoms with van der Waals surface area (Å²) in [7, 11) is 0. The molecule has 0 saturated heterocycles. The highest BCUT2D eigenvalue weighted by Crippen LogP contribution is 2.35. The first-order chi connectivity index (χ1) is 13.0. The summed E-state index contributed by atoms with van der Waals surface area (Å²) >= 11 is 0. The first-order valence-electron chi connectivity index (χ1n) is 8.73. The second-order valence-electron chi connectivity index (χ2n) is 5.93. The zero-order valence-electron chi connectivity index (χ0n) is 15.1. The van der Waals surface area contributed by atoms with E-state index in [-0.39, 0.29) is 12.2 Å². The maximum atomic E-state index is 12.0. The molecule has 140 valence electrons. The van der Waals surface area contributed by atoms with E-state index in [1.165, 1.54) is 6.07 Å². The van der Waals surface area contributed by atoms with Crippen LogP contribution in [0.1, 0.15) is 30.6 Å². The summed E-state index contributed by atoms with van der Waals surface area (Å²) in [5.41, 5.74) is 1.43. The van der Waals surface area contributed by atoms with E-state index in [0.29, 0.717) is 34.5 Å². The van der Waals surface area contributed by atoms with Crippen molar-refractivity contribution < 1.29 is 28.6 Å². The molecule has 1 unspecified atom stereocenters. The number of para-hydroxylation sites is 1. The van der Waals surface area contributed by atoms with E-state index in [4.69, 9.17) is 19.0 Å². The topological polar surface area (TPSA) is 86.0 Å². The zero-order valence-corrected chi connectivity index (χ0v) is 15.1. The molecule has 1 aromatic heterocycles. The molecular weight excluding hydrogens is 348 g/mol.